The third-order valence-electron chi connectivity index (χ3n) is 3.58. The Morgan fingerprint density at radius 3 is 2.70 bits per heavy atom. The van der Waals surface area contributed by atoms with E-state index in [2.05, 4.69) is 4.90 Å². The summed E-state index contributed by atoms with van der Waals surface area (Å²) in [6.45, 7) is 4.27. The summed E-state index contributed by atoms with van der Waals surface area (Å²) >= 11 is 5.74. The molecule has 1 aromatic carbocycles. The van der Waals surface area contributed by atoms with E-state index in [1.54, 1.807) is 12.1 Å². The van der Waals surface area contributed by atoms with Crippen molar-refractivity contribution in [2.45, 2.75) is 31.7 Å². The molecule has 0 aromatic heterocycles. The maximum atomic E-state index is 11.2. The molecule has 1 fully saturated rings. The molecule has 0 atom stereocenters. The van der Waals surface area contributed by atoms with Gasteiger partial charge in [0.2, 0.25) is 0 Å². The van der Waals surface area contributed by atoms with Crippen LogP contribution in [0.3, 0.4) is 0 Å². The van der Waals surface area contributed by atoms with E-state index < -0.39 is 0 Å². The van der Waals surface area contributed by atoms with Gasteiger partial charge in [0.1, 0.15) is 5.69 Å². The molecule has 6 heteroatoms. The Morgan fingerprint density at radius 2 is 2.15 bits per heavy atom. The van der Waals surface area contributed by atoms with Crippen LogP contribution in [0.5, 0.6) is 0 Å². The number of nitro benzene ring substituents is 1. The monoisotopic (exact) mass is 298 g/mol. The molecule has 1 aromatic rings. The molecule has 1 heterocycles. The fraction of sp³-hybridized carbons (Fsp3) is 0.571. The van der Waals surface area contributed by atoms with Gasteiger partial charge >= 0.3 is 0 Å². The SMILES string of the molecule is CCOC1CCN(c2ccc(CCl)cc2[N+](=O)[O-])CC1. The van der Waals surface area contributed by atoms with Crippen LogP contribution in [-0.2, 0) is 10.6 Å². The summed E-state index contributed by atoms with van der Waals surface area (Å²) in [6.07, 6.45) is 2.09. The maximum Gasteiger partial charge on any atom is 0.292 e. The van der Waals surface area contributed by atoms with Crippen molar-refractivity contribution in [1.29, 1.82) is 0 Å². The van der Waals surface area contributed by atoms with E-state index in [1.807, 2.05) is 13.0 Å². The molecule has 0 spiro atoms. The van der Waals surface area contributed by atoms with Crippen molar-refractivity contribution in [3.8, 4) is 0 Å². The van der Waals surface area contributed by atoms with Gasteiger partial charge in [0, 0.05) is 31.6 Å². The highest BCUT2D eigenvalue weighted by Crippen LogP contribution is 2.32. The van der Waals surface area contributed by atoms with Crippen LogP contribution in [0.1, 0.15) is 25.3 Å². The van der Waals surface area contributed by atoms with Crippen LogP contribution in [0.4, 0.5) is 11.4 Å². The summed E-state index contributed by atoms with van der Waals surface area (Å²) in [7, 11) is 0. The molecule has 0 amide bonds. The molecule has 1 aliphatic heterocycles. The van der Waals surface area contributed by atoms with Crippen molar-refractivity contribution in [2.75, 3.05) is 24.6 Å². The van der Waals surface area contributed by atoms with Gasteiger partial charge in [0.05, 0.1) is 11.0 Å². The lowest BCUT2D eigenvalue weighted by atomic mass is 10.1. The van der Waals surface area contributed by atoms with Crippen LogP contribution < -0.4 is 4.90 Å². The van der Waals surface area contributed by atoms with Crippen molar-refractivity contribution in [2.24, 2.45) is 0 Å². The summed E-state index contributed by atoms with van der Waals surface area (Å²) in [5.41, 5.74) is 1.59. The molecule has 5 nitrogen and oxygen atoms in total. The number of nitrogens with zero attached hydrogens (tertiary/aromatic N) is 2. The topological polar surface area (TPSA) is 55.6 Å². The van der Waals surface area contributed by atoms with Gasteiger partial charge in [-0.3, -0.25) is 10.1 Å². The van der Waals surface area contributed by atoms with Gasteiger partial charge < -0.3 is 9.64 Å². The smallest absolute Gasteiger partial charge is 0.292 e. The predicted molar refractivity (Wildman–Crippen MR) is 79.5 cm³/mol. The first-order valence-electron chi connectivity index (χ1n) is 6.85. The minimum atomic E-state index is -0.333. The maximum absolute atomic E-state index is 11.2. The molecular formula is C14H19ClN2O3. The molecule has 0 radical (unpaired) electrons. The van der Waals surface area contributed by atoms with Crippen molar-refractivity contribution in [3.05, 3.63) is 33.9 Å². The standard InChI is InChI=1S/C14H19ClN2O3/c1-2-20-12-5-7-16(8-6-12)13-4-3-11(10-15)9-14(13)17(18)19/h3-4,9,12H,2,5-8,10H2,1H3. The molecule has 110 valence electrons. The van der Waals surface area contributed by atoms with Crippen molar-refractivity contribution in [1.82, 2.24) is 0 Å². The number of piperidine rings is 1. The molecule has 20 heavy (non-hydrogen) atoms. The van der Waals surface area contributed by atoms with Crippen LogP contribution in [0.15, 0.2) is 18.2 Å². The number of hydrogen-bond donors (Lipinski definition) is 0. The average Bonchev–Trinajstić information content (AvgIpc) is 2.48. The number of alkyl halides is 1. The van der Waals surface area contributed by atoms with E-state index in [1.165, 1.54) is 0 Å². The Bertz CT molecular complexity index is 473. The summed E-state index contributed by atoms with van der Waals surface area (Å²) in [4.78, 5) is 12.9. The van der Waals surface area contributed by atoms with E-state index in [0.29, 0.717) is 5.69 Å². The number of halogens is 1. The number of anilines is 1. The molecule has 0 unspecified atom stereocenters. The molecule has 0 N–H and O–H groups in total. The largest absolute Gasteiger partial charge is 0.378 e. The van der Waals surface area contributed by atoms with Gasteiger partial charge in [-0.25, -0.2) is 0 Å². The zero-order valence-corrected chi connectivity index (χ0v) is 12.3. The van der Waals surface area contributed by atoms with Gasteiger partial charge in [-0.1, -0.05) is 6.07 Å². The Balaban J connectivity index is 2.15. The first-order chi connectivity index (χ1) is 9.65. The summed E-state index contributed by atoms with van der Waals surface area (Å²) in [6, 6.07) is 5.22. The molecular weight excluding hydrogens is 280 g/mol. The summed E-state index contributed by atoms with van der Waals surface area (Å²) in [5.74, 6) is 0.285. The van der Waals surface area contributed by atoms with Crippen LogP contribution in [0, 0.1) is 10.1 Å². The normalized spacial score (nSPS) is 16.4. The van der Waals surface area contributed by atoms with E-state index >= 15 is 0 Å². The zero-order chi connectivity index (χ0) is 14.5. The fourth-order valence-electron chi connectivity index (χ4n) is 2.56. The Labute approximate surface area is 123 Å². The Morgan fingerprint density at radius 1 is 1.45 bits per heavy atom. The Hall–Kier alpha value is -1.33. The van der Waals surface area contributed by atoms with Gasteiger partial charge in [0.25, 0.3) is 5.69 Å². The van der Waals surface area contributed by atoms with E-state index in [4.69, 9.17) is 16.3 Å². The van der Waals surface area contributed by atoms with Crippen molar-refractivity contribution in [3.63, 3.8) is 0 Å². The second kappa shape index (κ2) is 6.90. The molecule has 1 aliphatic rings. The highest BCUT2D eigenvalue weighted by Gasteiger charge is 2.25. The molecule has 1 saturated heterocycles. The van der Waals surface area contributed by atoms with Crippen LogP contribution in [0.2, 0.25) is 0 Å². The first-order valence-corrected chi connectivity index (χ1v) is 7.39. The van der Waals surface area contributed by atoms with Gasteiger partial charge in [0.15, 0.2) is 0 Å². The average molecular weight is 299 g/mol. The third-order valence-corrected chi connectivity index (χ3v) is 3.88. The minimum Gasteiger partial charge on any atom is -0.378 e. The number of hydrogen-bond acceptors (Lipinski definition) is 4. The van der Waals surface area contributed by atoms with E-state index in [-0.39, 0.29) is 22.6 Å². The highest BCUT2D eigenvalue weighted by atomic mass is 35.5. The molecule has 0 saturated carbocycles. The zero-order valence-electron chi connectivity index (χ0n) is 11.5. The second-order valence-corrected chi connectivity index (χ2v) is 5.12. The Kier molecular flexibility index (Phi) is 5.20. The quantitative estimate of drug-likeness (QED) is 0.475. The van der Waals surface area contributed by atoms with Gasteiger partial charge in [-0.15, -0.1) is 11.6 Å². The van der Waals surface area contributed by atoms with E-state index in [0.717, 1.165) is 38.1 Å². The predicted octanol–water partition coefficient (Wildman–Crippen LogP) is 3.34. The number of ether oxygens (including phenoxy) is 1. The lowest BCUT2D eigenvalue weighted by Gasteiger charge is -2.33. The van der Waals surface area contributed by atoms with E-state index in [9.17, 15) is 10.1 Å². The summed E-state index contributed by atoms with van der Waals surface area (Å²) in [5, 5.41) is 11.2. The number of rotatable bonds is 5. The molecule has 2 rings (SSSR count). The van der Waals surface area contributed by atoms with Crippen molar-refractivity contribution < 1.29 is 9.66 Å². The number of nitro groups is 1. The third kappa shape index (κ3) is 3.41. The van der Waals surface area contributed by atoms with Crippen molar-refractivity contribution >= 4 is 23.0 Å². The minimum absolute atomic E-state index is 0.137. The lowest BCUT2D eigenvalue weighted by molar-refractivity contribution is -0.384. The van der Waals surface area contributed by atoms with Crippen LogP contribution in [-0.4, -0.2) is 30.7 Å². The molecule has 0 bridgehead atoms. The molecule has 0 aliphatic carbocycles. The highest BCUT2D eigenvalue weighted by molar-refractivity contribution is 6.17. The van der Waals surface area contributed by atoms with Gasteiger partial charge in [-0.2, -0.15) is 0 Å². The van der Waals surface area contributed by atoms with Crippen LogP contribution in [0.25, 0.3) is 0 Å². The number of benzene rings is 1. The second-order valence-electron chi connectivity index (χ2n) is 4.86. The summed E-state index contributed by atoms with van der Waals surface area (Å²) < 4.78 is 5.60. The van der Waals surface area contributed by atoms with Crippen LogP contribution >= 0.6 is 11.6 Å². The fourth-order valence-corrected chi connectivity index (χ4v) is 2.73. The first kappa shape index (κ1) is 15.1. The lowest BCUT2D eigenvalue weighted by Crippen LogP contribution is -2.37. The van der Waals surface area contributed by atoms with Gasteiger partial charge in [-0.05, 0) is 31.4 Å².